The third kappa shape index (κ3) is 6.62. The smallest absolute Gasteiger partial charge is 0.139 e. The lowest BCUT2D eigenvalue weighted by Gasteiger charge is -2.10. The van der Waals surface area contributed by atoms with Crippen LogP contribution in [0.15, 0.2) is 22.7 Å². The van der Waals surface area contributed by atoms with Crippen molar-refractivity contribution in [1.29, 1.82) is 0 Å². The molecule has 0 radical (unpaired) electrons. The first kappa shape index (κ1) is 15.8. The molecule has 1 N–H and O–H groups in total. The number of benzene rings is 1. The van der Waals surface area contributed by atoms with Crippen molar-refractivity contribution < 1.29 is 4.74 Å². The molecule has 0 amide bonds. The first-order valence-electron chi connectivity index (χ1n) is 6.38. The van der Waals surface area contributed by atoms with Gasteiger partial charge in [-0.2, -0.15) is 0 Å². The SMILES string of the molecule is CC(C)CCCNCCOc1cc(Br)ccc1Cl. The summed E-state index contributed by atoms with van der Waals surface area (Å²) in [6.45, 7) is 7.03. The molecule has 0 atom stereocenters. The maximum atomic E-state index is 6.03. The van der Waals surface area contributed by atoms with E-state index in [1.54, 1.807) is 0 Å². The van der Waals surface area contributed by atoms with E-state index in [0.717, 1.165) is 29.2 Å². The highest BCUT2D eigenvalue weighted by molar-refractivity contribution is 9.10. The molecule has 0 fully saturated rings. The first-order valence-corrected chi connectivity index (χ1v) is 7.55. The standard InChI is InChI=1S/C14H21BrClNO/c1-11(2)4-3-7-17-8-9-18-14-10-12(15)5-6-13(14)16/h5-6,10-11,17H,3-4,7-9H2,1-2H3. The molecule has 0 saturated heterocycles. The second-order valence-corrected chi connectivity index (χ2v) is 6.03. The van der Waals surface area contributed by atoms with Crippen molar-refractivity contribution in [2.45, 2.75) is 26.7 Å². The second-order valence-electron chi connectivity index (χ2n) is 4.71. The molecule has 2 nitrogen and oxygen atoms in total. The summed E-state index contributed by atoms with van der Waals surface area (Å²) in [5.41, 5.74) is 0. The molecule has 18 heavy (non-hydrogen) atoms. The average Bonchev–Trinajstić information content (AvgIpc) is 2.32. The largest absolute Gasteiger partial charge is 0.491 e. The number of rotatable bonds is 8. The Balaban J connectivity index is 2.12. The van der Waals surface area contributed by atoms with Crippen molar-refractivity contribution in [1.82, 2.24) is 5.32 Å². The van der Waals surface area contributed by atoms with Gasteiger partial charge in [-0.1, -0.05) is 41.4 Å². The van der Waals surface area contributed by atoms with E-state index in [2.05, 4.69) is 35.1 Å². The van der Waals surface area contributed by atoms with Crippen molar-refractivity contribution >= 4 is 27.5 Å². The number of halogens is 2. The van der Waals surface area contributed by atoms with Crippen molar-refractivity contribution in [3.63, 3.8) is 0 Å². The summed E-state index contributed by atoms with van der Waals surface area (Å²) in [6.07, 6.45) is 2.49. The zero-order valence-corrected chi connectivity index (χ0v) is 13.4. The van der Waals surface area contributed by atoms with Crippen LogP contribution in [-0.2, 0) is 0 Å². The van der Waals surface area contributed by atoms with Gasteiger partial charge >= 0.3 is 0 Å². The summed E-state index contributed by atoms with van der Waals surface area (Å²) in [5.74, 6) is 1.51. The van der Waals surface area contributed by atoms with E-state index in [1.807, 2.05) is 18.2 Å². The van der Waals surface area contributed by atoms with Gasteiger partial charge in [0.15, 0.2) is 0 Å². The number of hydrogen-bond acceptors (Lipinski definition) is 2. The fourth-order valence-electron chi connectivity index (χ4n) is 1.58. The molecule has 0 saturated carbocycles. The van der Waals surface area contributed by atoms with Crippen LogP contribution in [0.3, 0.4) is 0 Å². The predicted molar refractivity (Wildman–Crippen MR) is 81.6 cm³/mol. The van der Waals surface area contributed by atoms with Crippen LogP contribution in [0.2, 0.25) is 5.02 Å². The van der Waals surface area contributed by atoms with Crippen LogP contribution in [0.1, 0.15) is 26.7 Å². The summed E-state index contributed by atoms with van der Waals surface area (Å²) in [6, 6.07) is 5.62. The zero-order chi connectivity index (χ0) is 13.4. The number of hydrogen-bond donors (Lipinski definition) is 1. The van der Waals surface area contributed by atoms with E-state index in [1.165, 1.54) is 12.8 Å². The maximum absolute atomic E-state index is 6.03. The molecule has 0 unspecified atom stereocenters. The molecule has 0 aliphatic heterocycles. The third-order valence-corrected chi connectivity index (χ3v) is 3.37. The lowest BCUT2D eigenvalue weighted by molar-refractivity contribution is 0.313. The van der Waals surface area contributed by atoms with Crippen LogP contribution < -0.4 is 10.1 Å². The van der Waals surface area contributed by atoms with Crippen LogP contribution in [0, 0.1) is 5.92 Å². The molecule has 0 spiro atoms. The molecule has 1 aromatic carbocycles. The normalized spacial score (nSPS) is 10.9. The minimum atomic E-state index is 0.637. The summed E-state index contributed by atoms with van der Waals surface area (Å²) < 4.78 is 6.60. The topological polar surface area (TPSA) is 21.3 Å². The van der Waals surface area contributed by atoms with E-state index in [0.29, 0.717) is 11.6 Å². The Kier molecular flexibility index (Phi) is 7.71. The second kappa shape index (κ2) is 8.78. The monoisotopic (exact) mass is 333 g/mol. The summed E-state index contributed by atoms with van der Waals surface area (Å²) >= 11 is 9.43. The van der Waals surface area contributed by atoms with E-state index in [9.17, 15) is 0 Å². The molecule has 0 aliphatic rings. The van der Waals surface area contributed by atoms with Gasteiger partial charge in [0.2, 0.25) is 0 Å². The van der Waals surface area contributed by atoms with Gasteiger partial charge in [-0.25, -0.2) is 0 Å². The lowest BCUT2D eigenvalue weighted by atomic mass is 10.1. The Hall–Kier alpha value is -0.250. The highest BCUT2D eigenvalue weighted by Gasteiger charge is 2.01. The van der Waals surface area contributed by atoms with Gasteiger partial charge in [0.05, 0.1) is 5.02 Å². The van der Waals surface area contributed by atoms with Crippen molar-refractivity contribution in [2.24, 2.45) is 5.92 Å². The third-order valence-electron chi connectivity index (χ3n) is 2.56. The number of ether oxygens (including phenoxy) is 1. The van der Waals surface area contributed by atoms with Gasteiger partial charge in [-0.15, -0.1) is 0 Å². The molecule has 0 bridgehead atoms. The highest BCUT2D eigenvalue weighted by atomic mass is 79.9. The summed E-state index contributed by atoms with van der Waals surface area (Å²) in [4.78, 5) is 0. The quantitative estimate of drug-likeness (QED) is 0.706. The lowest BCUT2D eigenvalue weighted by Crippen LogP contribution is -2.22. The molecule has 102 valence electrons. The molecule has 0 aliphatic carbocycles. The first-order chi connectivity index (χ1) is 8.59. The molecule has 4 heteroatoms. The Morgan fingerprint density at radius 1 is 1.33 bits per heavy atom. The van der Waals surface area contributed by atoms with Crippen molar-refractivity contribution in [3.05, 3.63) is 27.7 Å². The molecule has 1 aromatic rings. The van der Waals surface area contributed by atoms with Gasteiger partial charge in [0.25, 0.3) is 0 Å². The fraction of sp³-hybridized carbons (Fsp3) is 0.571. The van der Waals surface area contributed by atoms with Gasteiger partial charge < -0.3 is 10.1 Å². The number of nitrogens with one attached hydrogen (secondary N) is 1. The summed E-state index contributed by atoms with van der Waals surface area (Å²) in [7, 11) is 0. The summed E-state index contributed by atoms with van der Waals surface area (Å²) in [5, 5.41) is 4.02. The van der Waals surface area contributed by atoms with Crippen molar-refractivity contribution in [2.75, 3.05) is 19.7 Å². The molecule has 0 heterocycles. The average molecular weight is 335 g/mol. The van der Waals surface area contributed by atoms with E-state index in [4.69, 9.17) is 16.3 Å². The fourth-order valence-corrected chi connectivity index (χ4v) is 2.09. The van der Waals surface area contributed by atoms with Crippen LogP contribution in [0.25, 0.3) is 0 Å². The van der Waals surface area contributed by atoms with E-state index >= 15 is 0 Å². The Bertz CT molecular complexity index is 358. The predicted octanol–water partition coefficient (Wildman–Crippen LogP) is 4.51. The van der Waals surface area contributed by atoms with Gasteiger partial charge in [-0.3, -0.25) is 0 Å². The van der Waals surface area contributed by atoms with Gasteiger partial charge in [0, 0.05) is 11.0 Å². The van der Waals surface area contributed by atoms with Crippen LogP contribution in [-0.4, -0.2) is 19.7 Å². The molecular weight excluding hydrogens is 314 g/mol. The van der Waals surface area contributed by atoms with Gasteiger partial charge in [0.1, 0.15) is 12.4 Å². The Labute approximate surface area is 123 Å². The maximum Gasteiger partial charge on any atom is 0.139 e. The Morgan fingerprint density at radius 2 is 2.11 bits per heavy atom. The van der Waals surface area contributed by atoms with Crippen LogP contribution >= 0.6 is 27.5 Å². The minimum absolute atomic E-state index is 0.637. The highest BCUT2D eigenvalue weighted by Crippen LogP contribution is 2.27. The Morgan fingerprint density at radius 3 is 2.83 bits per heavy atom. The van der Waals surface area contributed by atoms with Crippen molar-refractivity contribution in [3.8, 4) is 5.75 Å². The van der Waals surface area contributed by atoms with E-state index in [-0.39, 0.29) is 0 Å². The van der Waals surface area contributed by atoms with E-state index < -0.39 is 0 Å². The minimum Gasteiger partial charge on any atom is -0.491 e. The van der Waals surface area contributed by atoms with Crippen LogP contribution in [0.5, 0.6) is 5.75 Å². The van der Waals surface area contributed by atoms with Gasteiger partial charge in [-0.05, 0) is 43.5 Å². The van der Waals surface area contributed by atoms with Crippen LogP contribution in [0.4, 0.5) is 0 Å². The zero-order valence-electron chi connectivity index (χ0n) is 11.0. The molecule has 1 rings (SSSR count). The molecular formula is C14H21BrClNO. The molecule has 0 aromatic heterocycles.